The zero-order chi connectivity index (χ0) is 14.2. The van der Waals surface area contributed by atoms with E-state index in [1.807, 2.05) is 0 Å². The monoisotopic (exact) mass is 288 g/mol. The standard InChI is InChI=1S/C13H8ClF3O2/c1-6-2-3-7(13(14)18)12(19-6)8-4-10(16)11(17)5-9(8)15/h3,5,10H,4H2,1H3. The topological polar surface area (TPSA) is 26.3 Å². The minimum absolute atomic E-state index is 0.139. The largest absolute Gasteiger partial charge is 0.453 e. The molecule has 1 atom stereocenters. The molecule has 0 aromatic carbocycles. The fraction of sp³-hybridized carbons (Fsp3) is 0.231. The molecule has 1 aliphatic carbocycles. The Morgan fingerprint density at radius 2 is 2.21 bits per heavy atom. The van der Waals surface area contributed by atoms with E-state index in [9.17, 15) is 18.0 Å². The average Bonchev–Trinajstić information content (AvgIpc) is 2.33. The maximum Gasteiger partial charge on any atom is 0.256 e. The van der Waals surface area contributed by atoms with Crippen molar-refractivity contribution < 1.29 is 22.7 Å². The summed E-state index contributed by atoms with van der Waals surface area (Å²) in [5.41, 5.74) is 2.23. The molecule has 0 amide bonds. The second-order valence-electron chi connectivity index (χ2n) is 3.99. The summed E-state index contributed by atoms with van der Waals surface area (Å²) in [4.78, 5) is 11.2. The maximum absolute atomic E-state index is 13.7. The zero-order valence-corrected chi connectivity index (χ0v) is 10.5. The SMILES string of the molecule is CC1=C=CC(C(=O)Cl)=C(C2=C(F)C=C(F)C(F)C2)O1. The number of halogens is 4. The molecule has 0 fully saturated rings. The molecular formula is C13H8ClF3O2. The molecule has 1 heterocycles. The van der Waals surface area contributed by atoms with E-state index in [4.69, 9.17) is 16.3 Å². The quantitative estimate of drug-likeness (QED) is 0.569. The number of hydrogen-bond acceptors (Lipinski definition) is 2. The predicted molar refractivity (Wildman–Crippen MR) is 63.1 cm³/mol. The van der Waals surface area contributed by atoms with Gasteiger partial charge in [0.05, 0.1) is 5.57 Å². The lowest BCUT2D eigenvalue weighted by Crippen LogP contribution is -2.14. The van der Waals surface area contributed by atoms with Crippen molar-refractivity contribution in [1.29, 1.82) is 0 Å². The summed E-state index contributed by atoms with van der Waals surface area (Å²) in [5, 5.41) is -0.888. The summed E-state index contributed by atoms with van der Waals surface area (Å²) < 4.78 is 45.1. The highest BCUT2D eigenvalue weighted by Gasteiger charge is 2.30. The number of carbonyl (C=O) groups excluding carboxylic acids is 1. The molecule has 0 aromatic rings. The molecule has 0 radical (unpaired) electrons. The van der Waals surface area contributed by atoms with Gasteiger partial charge in [0.2, 0.25) is 0 Å². The van der Waals surface area contributed by atoms with Crippen LogP contribution in [0.3, 0.4) is 0 Å². The number of ether oxygens (including phenoxy) is 1. The Hall–Kier alpha value is -1.71. The van der Waals surface area contributed by atoms with Crippen LogP contribution in [0.2, 0.25) is 0 Å². The first-order chi connectivity index (χ1) is 8.90. The molecule has 0 N–H and O–H groups in total. The number of allylic oxidation sites excluding steroid dienone is 6. The Bertz CT molecular complexity index is 607. The lowest BCUT2D eigenvalue weighted by atomic mass is 9.97. The normalized spacial score (nSPS) is 23.1. The van der Waals surface area contributed by atoms with Crippen LogP contribution in [0.1, 0.15) is 13.3 Å². The lowest BCUT2D eigenvalue weighted by Gasteiger charge is -2.21. The van der Waals surface area contributed by atoms with Crippen molar-refractivity contribution in [3.8, 4) is 0 Å². The highest BCUT2D eigenvalue weighted by atomic mass is 35.5. The van der Waals surface area contributed by atoms with Crippen LogP contribution >= 0.6 is 11.6 Å². The van der Waals surface area contributed by atoms with Crippen molar-refractivity contribution in [3.05, 3.63) is 52.2 Å². The van der Waals surface area contributed by atoms with Gasteiger partial charge in [-0.3, -0.25) is 4.79 Å². The van der Waals surface area contributed by atoms with Crippen LogP contribution in [0.25, 0.3) is 0 Å². The van der Waals surface area contributed by atoms with Gasteiger partial charge < -0.3 is 4.74 Å². The first-order valence-electron chi connectivity index (χ1n) is 5.35. The number of alkyl halides is 1. The second kappa shape index (κ2) is 5.11. The van der Waals surface area contributed by atoms with Crippen molar-refractivity contribution in [3.63, 3.8) is 0 Å². The molecule has 2 aliphatic rings. The highest BCUT2D eigenvalue weighted by molar-refractivity contribution is 6.68. The van der Waals surface area contributed by atoms with E-state index in [1.165, 1.54) is 13.0 Å². The molecule has 2 nitrogen and oxygen atoms in total. The molecular weight excluding hydrogens is 281 g/mol. The summed E-state index contributed by atoms with van der Waals surface area (Å²) in [6.45, 7) is 1.52. The van der Waals surface area contributed by atoms with Gasteiger partial charge in [-0.15, -0.1) is 0 Å². The minimum atomic E-state index is -1.97. The number of carbonyl (C=O) groups is 1. The third-order valence-corrected chi connectivity index (χ3v) is 2.84. The molecule has 1 aliphatic heterocycles. The summed E-state index contributed by atoms with van der Waals surface area (Å²) >= 11 is 5.35. The Balaban J connectivity index is 2.55. The Morgan fingerprint density at radius 1 is 1.53 bits per heavy atom. The first kappa shape index (κ1) is 13.7. The van der Waals surface area contributed by atoms with E-state index in [0.717, 1.165) is 0 Å². The van der Waals surface area contributed by atoms with Crippen molar-refractivity contribution in [2.45, 2.75) is 19.5 Å². The molecule has 100 valence electrons. The van der Waals surface area contributed by atoms with Crippen molar-refractivity contribution in [1.82, 2.24) is 0 Å². The van der Waals surface area contributed by atoms with Crippen LogP contribution in [-0.2, 0) is 9.53 Å². The molecule has 6 heteroatoms. The predicted octanol–water partition coefficient (Wildman–Crippen LogP) is 3.91. The molecule has 2 rings (SSSR count). The van der Waals surface area contributed by atoms with Crippen molar-refractivity contribution in [2.75, 3.05) is 0 Å². The van der Waals surface area contributed by atoms with Gasteiger partial charge in [0.15, 0.2) is 6.17 Å². The molecule has 0 aromatic heterocycles. The van der Waals surface area contributed by atoms with E-state index in [-0.39, 0.29) is 22.7 Å². The van der Waals surface area contributed by atoms with Gasteiger partial charge >= 0.3 is 0 Å². The fourth-order valence-corrected chi connectivity index (χ4v) is 1.86. The van der Waals surface area contributed by atoms with Crippen LogP contribution in [0, 0.1) is 0 Å². The first-order valence-corrected chi connectivity index (χ1v) is 5.73. The van der Waals surface area contributed by atoms with E-state index < -0.39 is 29.5 Å². The maximum atomic E-state index is 13.7. The molecule has 0 saturated carbocycles. The van der Waals surface area contributed by atoms with E-state index >= 15 is 0 Å². The Kier molecular flexibility index (Phi) is 3.69. The second-order valence-corrected chi connectivity index (χ2v) is 4.33. The molecule has 0 saturated heterocycles. The smallest absolute Gasteiger partial charge is 0.256 e. The van der Waals surface area contributed by atoms with Gasteiger partial charge in [-0.25, -0.2) is 13.2 Å². The Morgan fingerprint density at radius 3 is 2.84 bits per heavy atom. The van der Waals surface area contributed by atoms with Crippen LogP contribution in [0.4, 0.5) is 13.2 Å². The van der Waals surface area contributed by atoms with Gasteiger partial charge in [-0.1, -0.05) is 5.73 Å². The summed E-state index contributed by atoms with van der Waals surface area (Å²) in [5.74, 6) is -2.11. The average molecular weight is 289 g/mol. The number of hydrogen-bond donors (Lipinski definition) is 0. The molecule has 0 spiro atoms. The highest BCUT2D eigenvalue weighted by Crippen LogP contribution is 2.36. The summed E-state index contributed by atoms with van der Waals surface area (Å²) in [6.07, 6.45) is -0.857. The van der Waals surface area contributed by atoms with Gasteiger partial charge in [0, 0.05) is 25.0 Å². The fourth-order valence-electron chi connectivity index (χ4n) is 1.72. The van der Waals surface area contributed by atoms with Gasteiger partial charge in [0.1, 0.15) is 23.2 Å². The molecule has 1 unspecified atom stereocenters. The zero-order valence-electron chi connectivity index (χ0n) is 9.77. The van der Waals surface area contributed by atoms with E-state index in [0.29, 0.717) is 6.08 Å². The minimum Gasteiger partial charge on any atom is -0.453 e. The van der Waals surface area contributed by atoms with Crippen molar-refractivity contribution >= 4 is 16.8 Å². The van der Waals surface area contributed by atoms with Crippen LogP contribution in [0.5, 0.6) is 0 Å². The summed E-state index contributed by atoms with van der Waals surface area (Å²) in [6, 6.07) is 0. The van der Waals surface area contributed by atoms with E-state index in [1.54, 1.807) is 0 Å². The van der Waals surface area contributed by atoms with Crippen LogP contribution in [0.15, 0.2) is 52.2 Å². The third-order valence-electron chi connectivity index (χ3n) is 2.64. The van der Waals surface area contributed by atoms with Gasteiger partial charge in [-0.2, -0.15) is 0 Å². The number of rotatable bonds is 2. The van der Waals surface area contributed by atoms with Crippen molar-refractivity contribution in [2.24, 2.45) is 0 Å². The van der Waals surface area contributed by atoms with Crippen LogP contribution < -0.4 is 0 Å². The van der Waals surface area contributed by atoms with Gasteiger partial charge in [0.25, 0.3) is 5.24 Å². The molecule has 0 bridgehead atoms. The van der Waals surface area contributed by atoms with Gasteiger partial charge in [-0.05, 0) is 17.7 Å². The third kappa shape index (κ3) is 2.67. The summed E-state index contributed by atoms with van der Waals surface area (Å²) in [7, 11) is 0. The van der Waals surface area contributed by atoms with Crippen LogP contribution in [-0.4, -0.2) is 11.4 Å². The molecule has 19 heavy (non-hydrogen) atoms. The van der Waals surface area contributed by atoms with E-state index in [2.05, 4.69) is 5.73 Å². The Labute approximate surface area is 112 Å². The lowest BCUT2D eigenvalue weighted by molar-refractivity contribution is -0.108.